The Hall–Kier alpha value is -0.840. The van der Waals surface area contributed by atoms with Gasteiger partial charge in [0.05, 0.1) is 0 Å². The highest BCUT2D eigenvalue weighted by atomic mass is 16.9. The minimum Gasteiger partial charge on any atom is -0.328 e. The Morgan fingerprint density at radius 3 is 1.47 bits per heavy atom. The van der Waals surface area contributed by atoms with Crippen molar-refractivity contribution in [2.24, 2.45) is 0 Å². The lowest BCUT2D eigenvalue weighted by Gasteiger charge is -2.30. The maximum Gasteiger partial charge on any atom is 0.291 e. The van der Waals surface area contributed by atoms with Crippen molar-refractivity contribution in [1.29, 1.82) is 0 Å². The minimum atomic E-state index is -1.50. The van der Waals surface area contributed by atoms with E-state index in [0.717, 1.165) is 12.1 Å². The monoisotopic (exact) mass is 244 g/mol. The van der Waals surface area contributed by atoms with E-state index in [2.05, 4.69) is 5.32 Å². The van der Waals surface area contributed by atoms with Crippen molar-refractivity contribution in [3.63, 3.8) is 0 Å². The van der Waals surface area contributed by atoms with E-state index in [-0.39, 0.29) is 0 Å². The molecule has 0 saturated heterocycles. The molecular weight excluding hydrogens is 220 g/mol. The van der Waals surface area contributed by atoms with E-state index in [1.54, 1.807) is 0 Å². The van der Waals surface area contributed by atoms with E-state index in [4.69, 9.17) is 15.3 Å². The summed E-state index contributed by atoms with van der Waals surface area (Å²) < 4.78 is 0. The van der Waals surface area contributed by atoms with Crippen molar-refractivity contribution in [3.8, 4) is 0 Å². The normalized spacial score (nSPS) is 22.6. The average molecular weight is 244 g/mol. The lowest BCUT2D eigenvalue weighted by molar-refractivity contribution is -0.742. The molecule has 2 aliphatic rings. The van der Waals surface area contributed by atoms with Crippen LogP contribution in [-0.2, 0) is 0 Å². The van der Waals surface area contributed by atoms with Crippen molar-refractivity contribution >= 4 is 0 Å². The van der Waals surface area contributed by atoms with Crippen LogP contribution in [0, 0.1) is 10.1 Å². The summed E-state index contributed by atoms with van der Waals surface area (Å²) in [6.07, 6.45) is 14.6. The zero-order valence-corrected chi connectivity index (χ0v) is 10.4. The summed E-state index contributed by atoms with van der Waals surface area (Å²) in [6, 6.07) is 1.74. The fraction of sp³-hybridized carbons (Fsp3) is 1.00. The van der Waals surface area contributed by atoms with Gasteiger partial charge in [0.2, 0.25) is 0 Å². The topological polar surface area (TPSA) is 75.4 Å². The van der Waals surface area contributed by atoms with Crippen LogP contribution in [-0.4, -0.2) is 22.4 Å². The fourth-order valence-electron chi connectivity index (χ4n) is 2.87. The third-order valence-electron chi connectivity index (χ3n) is 3.68. The zero-order valence-electron chi connectivity index (χ0n) is 10.4. The van der Waals surface area contributed by atoms with Crippen LogP contribution < -0.4 is 5.32 Å². The predicted octanol–water partition coefficient (Wildman–Crippen LogP) is 2.89. The first kappa shape index (κ1) is 14.2. The maximum absolute atomic E-state index is 8.36. The third-order valence-corrected chi connectivity index (χ3v) is 3.68. The second kappa shape index (κ2) is 8.28. The highest BCUT2D eigenvalue weighted by Crippen LogP contribution is 2.22. The minimum absolute atomic E-state index is 0.872. The molecule has 2 saturated carbocycles. The van der Waals surface area contributed by atoms with Crippen LogP contribution in [0.1, 0.15) is 64.2 Å². The maximum atomic E-state index is 8.36. The molecule has 0 unspecified atom stereocenters. The van der Waals surface area contributed by atoms with E-state index in [0.29, 0.717) is 0 Å². The van der Waals surface area contributed by atoms with Gasteiger partial charge in [-0.05, 0) is 25.7 Å². The van der Waals surface area contributed by atoms with Gasteiger partial charge in [0, 0.05) is 12.1 Å². The molecule has 0 atom stereocenters. The lowest BCUT2D eigenvalue weighted by Crippen LogP contribution is -2.40. The average Bonchev–Trinajstić information content (AvgIpc) is 2.31. The highest BCUT2D eigenvalue weighted by molar-refractivity contribution is 4.79. The van der Waals surface area contributed by atoms with E-state index in [1.165, 1.54) is 64.2 Å². The molecule has 2 rings (SSSR count). The largest absolute Gasteiger partial charge is 0.328 e. The van der Waals surface area contributed by atoms with Crippen LogP contribution in [0.15, 0.2) is 0 Å². The highest BCUT2D eigenvalue weighted by Gasteiger charge is 2.19. The summed E-state index contributed by atoms with van der Waals surface area (Å²) in [5.41, 5.74) is 0. The van der Waals surface area contributed by atoms with Gasteiger partial charge in [-0.3, -0.25) is 0 Å². The number of nitrogens with one attached hydrogen (secondary N) is 1. The molecule has 2 fully saturated rings. The Kier molecular flexibility index (Phi) is 6.93. The summed E-state index contributed by atoms with van der Waals surface area (Å²) in [4.78, 5) is 8.36. The number of hydrogen-bond acceptors (Lipinski definition) is 3. The van der Waals surface area contributed by atoms with E-state index in [9.17, 15) is 0 Å². The Morgan fingerprint density at radius 2 is 1.18 bits per heavy atom. The molecule has 0 heterocycles. The molecule has 0 aromatic carbocycles. The number of nitrogens with zero attached hydrogens (tertiary/aromatic N) is 1. The van der Waals surface area contributed by atoms with Gasteiger partial charge in [0.1, 0.15) is 0 Å². The smallest absolute Gasteiger partial charge is 0.291 e. The molecule has 2 N–H and O–H groups in total. The summed E-state index contributed by atoms with van der Waals surface area (Å²) in [6.45, 7) is 0. The van der Waals surface area contributed by atoms with Crippen molar-refractivity contribution < 1.29 is 10.3 Å². The lowest BCUT2D eigenvalue weighted by atomic mass is 9.91. The molecule has 0 amide bonds. The van der Waals surface area contributed by atoms with Crippen molar-refractivity contribution in [2.75, 3.05) is 0 Å². The standard InChI is InChI=1S/C12H23N.HNO3/c1-3-7-11(8-4-1)13-12-9-5-2-6-10-12;2-1(3)4/h11-13H,1-10H2;(H,2,3,4). The molecule has 0 aromatic rings. The SMILES string of the molecule is C1CCC(NC2CCCCC2)CC1.O=[N+]([O-])O. The summed E-state index contributed by atoms with van der Waals surface area (Å²) in [7, 11) is 0. The molecule has 100 valence electrons. The molecule has 0 aromatic heterocycles. The Bertz CT molecular complexity index is 192. The molecule has 2 aliphatic carbocycles. The number of rotatable bonds is 2. The van der Waals surface area contributed by atoms with Crippen LogP contribution in [0.3, 0.4) is 0 Å². The van der Waals surface area contributed by atoms with Crippen LogP contribution >= 0.6 is 0 Å². The summed E-state index contributed by atoms with van der Waals surface area (Å²) in [5.74, 6) is 0. The van der Waals surface area contributed by atoms with E-state index < -0.39 is 5.09 Å². The van der Waals surface area contributed by atoms with Gasteiger partial charge >= 0.3 is 0 Å². The molecule has 0 bridgehead atoms. The second-order valence-corrected chi connectivity index (χ2v) is 5.07. The fourth-order valence-corrected chi connectivity index (χ4v) is 2.87. The first-order valence-corrected chi connectivity index (χ1v) is 6.78. The Balaban J connectivity index is 0.000000317. The Labute approximate surface area is 103 Å². The summed E-state index contributed by atoms with van der Waals surface area (Å²) in [5, 5.41) is 17.5. The first-order chi connectivity index (χ1) is 8.18. The van der Waals surface area contributed by atoms with Crippen LogP contribution in [0.5, 0.6) is 0 Å². The first-order valence-electron chi connectivity index (χ1n) is 6.78. The van der Waals surface area contributed by atoms with Gasteiger partial charge in [-0.2, -0.15) is 0 Å². The van der Waals surface area contributed by atoms with Crippen LogP contribution in [0.25, 0.3) is 0 Å². The van der Waals surface area contributed by atoms with Gasteiger partial charge in [-0.1, -0.05) is 38.5 Å². The molecule has 17 heavy (non-hydrogen) atoms. The Morgan fingerprint density at radius 1 is 0.882 bits per heavy atom. The van der Waals surface area contributed by atoms with E-state index >= 15 is 0 Å². The van der Waals surface area contributed by atoms with Crippen molar-refractivity contribution in [1.82, 2.24) is 5.32 Å². The number of hydrogen-bond donors (Lipinski definition) is 2. The van der Waals surface area contributed by atoms with Gasteiger partial charge in [-0.15, -0.1) is 10.1 Å². The molecule has 0 radical (unpaired) electrons. The quantitative estimate of drug-likeness (QED) is 0.578. The van der Waals surface area contributed by atoms with Gasteiger partial charge in [0.15, 0.2) is 0 Å². The molecule has 0 aliphatic heterocycles. The van der Waals surface area contributed by atoms with Crippen molar-refractivity contribution in [2.45, 2.75) is 76.3 Å². The second-order valence-electron chi connectivity index (χ2n) is 5.07. The van der Waals surface area contributed by atoms with Crippen molar-refractivity contribution in [3.05, 3.63) is 10.1 Å². The third kappa shape index (κ3) is 7.15. The molecule has 0 spiro atoms. The van der Waals surface area contributed by atoms with Crippen LogP contribution in [0.4, 0.5) is 0 Å². The summed E-state index contributed by atoms with van der Waals surface area (Å²) >= 11 is 0. The van der Waals surface area contributed by atoms with E-state index in [1.807, 2.05) is 0 Å². The van der Waals surface area contributed by atoms with Gasteiger partial charge < -0.3 is 10.5 Å². The van der Waals surface area contributed by atoms with Gasteiger partial charge in [-0.25, -0.2) is 0 Å². The van der Waals surface area contributed by atoms with Gasteiger partial charge in [0.25, 0.3) is 5.09 Å². The van der Waals surface area contributed by atoms with Crippen LogP contribution in [0.2, 0.25) is 0 Å². The zero-order chi connectivity index (χ0) is 12.5. The molecule has 5 nitrogen and oxygen atoms in total. The molecule has 5 heteroatoms. The molecular formula is C12H24N2O3. The predicted molar refractivity (Wildman–Crippen MR) is 65.7 cm³/mol.